The van der Waals surface area contributed by atoms with E-state index < -0.39 is 5.92 Å². The van der Waals surface area contributed by atoms with Crippen LogP contribution < -0.4 is 11.1 Å². The lowest BCUT2D eigenvalue weighted by atomic mass is 9.98. The number of amides is 1. The van der Waals surface area contributed by atoms with Crippen LogP contribution in [0.4, 0.5) is 5.13 Å². The van der Waals surface area contributed by atoms with Gasteiger partial charge in [-0.25, -0.2) is 4.98 Å². The number of nitrogens with zero attached hydrogens (tertiary/aromatic N) is 1. The van der Waals surface area contributed by atoms with Crippen molar-refractivity contribution in [3.8, 4) is 0 Å². The van der Waals surface area contributed by atoms with Crippen LogP contribution in [0, 0.1) is 0 Å². The van der Waals surface area contributed by atoms with Gasteiger partial charge in [0.15, 0.2) is 5.13 Å². The summed E-state index contributed by atoms with van der Waals surface area (Å²) in [7, 11) is 0. The number of thiazole rings is 1. The van der Waals surface area contributed by atoms with Crippen molar-refractivity contribution in [2.75, 3.05) is 5.32 Å². The van der Waals surface area contributed by atoms with Crippen molar-refractivity contribution in [1.82, 2.24) is 4.98 Å². The first kappa shape index (κ1) is 14.2. The van der Waals surface area contributed by atoms with E-state index in [9.17, 15) is 4.79 Å². The molecule has 1 unspecified atom stereocenters. The van der Waals surface area contributed by atoms with E-state index in [1.807, 2.05) is 35.7 Å². The van der Waals surface area contributed by atoms with E-state index in [0.717, 1.165) is 11.3 Å². The van der Waals surface area contributed by atoms with Crippen LogP contribution in [0.3, 0.4) is 0 Å². The third-order valence-electron chi connectivity index (χ3n) is 3.43. The molecule has 0 radical (unpaired) electrons. The highest BCUT2D eigenvalue weighted by Crippen LogP contribution is 2.40. The van der Waals surface area contributed by atoms with Gasteiger partial charge >= 0.3 is 0 Å². The molecular formula is C15H15N3OS2. The van der Waals surface area contributed by atoms with Gasteiger partial charge in [0.1, 0.15) is 5.92 Å². The zero-order valence-corrected chi connectivity index (χ0v) is 12.9. The maximum atomic E-state index is 12.4. The lowest BCUT2D eigenvalue weighted by Crippen LogP contribution is -2.31. The Morgan fingerprint density at radius 1 is 1.38 bits per heavy atom. The number of carbonyl (C=O) groups excluding carboxylic acids is 1. The number of aromatic nitrogens is 1. The summed E-state index contributed by atoms with van der Waals surface area (Å²) in [6, 6.07) is 9.31. The largest absolute Gasteiger partial charge is 0.392 e. The minimum absolute atomic E-state index is 0.165. The number of benzene rings is 1. The smallest absolute Gasteiger partial charge is 0.240 e. The topological polar surface area (TPSA) is 68.0 Å². The molecular weight excluding hydrogens is 302 g/mol. The molecule has 3 rings (SSSR count). The number of thiocarbonyl (C=S) groups is 1. The predicted octanol–water partition coefficient (Wildman–Crippen LogP) is 3.03. The molecule has 1 fully saturated rings. The average Bonchev–Trinajstić information content (AvgIpc) is 3.21. The van der Waals surface area contributed by atoms with Crippen LogP contribution in [-0.4, -0.2) is 15.9 Å². The summed E-state index contributed by atoms with van der Waals surface area (Å²) in [5.41, 5.74) is 7.60. The molecule has 2 aromatic rings. The summed E-state index contributed by atoms with van der Waals surface area (Å²) < 4.78 is 0. The lowest BCUT2D eigenvalue weighted by molar-refractivity contribution is -0.116. The molecule has 1 atom stereocenters. The highest BCUT2D eigenvalue weighted by molar-refractivity contribution is 7.80. The number of hydrogen-bond acceptors (Lipinski definition) is 4. The molecule has 1 aliphatic carbocycles. The monoisotopic (exact) mass is 317 g/mol. The van der Waals surface area contributed by atoms with Crippen LogP contribution >= 0.6 is 23.6 Å². The molecule has 1 heterocycles. The van der Waals surface area contributed by atoms with Crippen LogP contribution in [0.5, 0.6) is 0 Å². The van der Waals surface area contributed by atoms with Gasteiger partial charge in [-0.3, -0.25) is 4.79 Å². The minimum atomic E-state index is -0.630. The van der Waals surface area contributed by atoms with Gasteiger partial charge in [0, 0.05) is 11.3 Å². The summed E-state index contributed by atoms with van der Waals surface area (Å²) in [4.78, 5) is 17.1. The second-order valence-electron chi connectivity index (χ2n) is 5.09. The van der Waals surface area contributed by atoms with Crippen LogP contribution in [0.1, 0.15) is 35.9 Å². The molecule has 1 aliphatic rings. The SMILES string of the molecule is NC(=S)C(C(=O)Nc1nc(C2CC2)cs1)c1ccccc1. The van der Waals surface area contributed by atoms with Crippen LogP contribution in [0.2, 0.25) is 0 Å². The Bertz CT molecular complexity index is 665. The van der Waals surface area contributed by atoms with Crippen LogP contribution in [0.25, 0.3) is 0 Å². The fourth-order valence-corrected chi connectivity index (χ4v) is 3.22. The maximum Gasteiger partial charge on any atom is 0.240 e. The van der Waals surface area contributed by atoms with Crippen molar-refractivity contribution in [1.29, 1.82) is 0 Å². The van der Waals surface area contributed by atoms with Gasteiger partial charge in [-0.15, -0.1) is 11.3 Å². The number of nitrogens with one attached hydrogen (secondary N) is 1. The third kappa shape index (κ3) is 3.28. The Hall–Kier alpha value is -1.79. The van der Waals surface area contributed by atoms with Gasteiger partial charge < -0.3 is 11.1 Å². The Balaban J connectivity index is 1.76. The number of carbonyl (C=O) groups is 1. The zero-order chi connectivity index (χ0) is 14.8. The van der Waals surface area contributed by atoms with Crippen molar-refractivity contribution >= 4 is 39.6 Å². The first-order valence-electron chi connectivity index (χ1n) is 6.75. The molecule has 108 valence electrons. The number of rotatable bonds is 5. The second kappa shape index (κ2) is 5.91. The van der Waals surface area contributed by atoms with Gasteiger partial charge in [-0.1, -0.05) is 42.5 Å². The van der Waals surface area contributed by atoms with Gasteiger partial charge in [-0.05, 0) is 18.4 Å². The Kier molecular flexibility index (Phi) is 3.98. The quantitative estimate of drug-likeness (QED) is 0.832. The van der Waals surface area contributed by atoms with Crippen LogP contribution in [0.15, 0.2) is 35.7 Å². The van der Waals surface area contributed by atoms with Gasteiger partial charge in [-0.2, -0.15) is 0 Å². The molecule has 6 heteroatoms. The molecule has 1 amide bonds. The number of hydrogen-bond donors (Lipinski definition) is 2. The Labute approximate surface area is 132 Å². The summed E-state index contributed by atoms with van der Waals surface area (Å²) in [6.07, 6.45) is 2.38. The summed E-state index contributed by atoms with van der Waals surface area (Å²) in [5, 5.41) is 5.44. The van der Waals surface area contributed by atoms with Crippen molar-refractivity contribution in [2.24, 2.45) is 5.73 Å². The van der Waals surface area contributed by atoms with E-state index in [1.165, 1.54) is 24.2 Å². The van der Waals surface area contributed by atoms with Crippen molar-refractivity contribution in [3.05, 3.63) is 47.0 Å². The van der Waals surface area contributed by atoms with Gasteiger partial charge in [0.2, 0.25) is 5.91 Å². The zero-order valence-electron chi connectivity index (χ0n) is 11.3. The fraction of sp³-hybridized carbons (Fsp3) is 0.267. The Morgan fingerprint density at radius 2 is 2.10 bits per heavy atom. The molecule has 21 heavy (non-hydrogen) atoms. The summed E-state index contributed by atoms with van der Waals surface area (Å²) >= 11 is 6.49. The maximum absolute atomic E-state index is 12.4. The third-order valence-corrected chi connectivity index (χ3v) is 4.44. The molecule has 1 saturated carbocycles. The molecule has 0 spiro atoms. The number of anilines is 1. The molecule has 1 aromatic heterocycles. The van der Waals surface area contributed by atoms with E-state index in [1.54, 1.807) is 0 Å². The van der Waals surface area contributed by atoms with E-state index in [0.29, 0.717) is 11.0 Å². The van der Waals surface area contributed by atoms with Gasteiger partial charge in [0.05, 0.1) is 10.7 Å². The van der Waals surface area contributed by atoms with E-state index in [4.69, 9.17) is 18.0 Å². The predicted molar refractivity (Wildman–Crippen MR) is 88.7 cm³/mol. The number of nitrogens with two attached hydrogens (primary N) is 1. The highest BCUT2D eigenvalue weighted by Gasteiger charge is 2.28. The molecule has 3 N–H and O–H groups in total. The average molecular weight is 317 g/mol. The molecule has 0 bridgehead atoms. The van der Waals surface area contributed by atoms with E-state index in [2.05, 4.69) is 10.3 Å². The first-order chi connectivity index (χ1) is 10.1. The first-order valence-corrected chi connectivity index (χ1v) is 8.04. The summed E-state index contributed by atoms with van der Waals surface area (Å²) in [5.74, 6) is -0.285. The second-order valence-corrected chi connectivity index (χ2v) is 6.42. The summed E-state index contributed by atoms with van der Waals surface area (Å²) in [6.45, 7) is 0. The van der Waals surface area contributed by atoms with E-state index in [-0.39, 0.29) is 10.9 Å². The van der Waals surface area contributed by atoms with Gasteiger partial charge in [0.25, 0.3) is 0 Å². The molecule has 1 aromatic carbocycles. The lowest BCUT2D eigenvalue weighted by Gasteiger charge is -2.14. The molecule has 4 nitrogen and oxygen atoms in total. The molecule has 0 aliphatic heterocycles. The van der Waals surface area contributed by atoms with E-state index >= 15 is 0 Å². The van der Waals surface area contributed by atoms with Crippen LogP contribution in [-0.2, 0) is 4.79 Å². The fourth-order valence-electron chi connectivity index (χ4n) is 2.18. The Morgan fingerprint density at radius 3 is 2.71 bits per heavy atom. The molecule has 0 saturated heterocycles. The minimum Gasteiger partial charge on any atom is -0.392 e. The standard InChI is InChI=1S/C15H15N3OS2/c16-13(20)12(10-4-2-1-3-5-10)14(19)18-15-17-11(8-21-15)9-6-7-9/h1-5,8-9,12H,6-7H2,(H2,16,20)(H,17,18,19). The van der Waals surface area contributed by atoms with Crippen molar-refractivity contribution in [2.45, 2.75) is 24.7 Å². The van der Waals surface area contributed by atoms with Crippen molar-refractivity contribution < 1.29 is 4.79 Å². The van der Waals surface area contributed by atoms with Crippen molar-refractivity contribution in [3.63, 3.8) is 0 Å². The normalized spacial score (nSPS) is 15.4. The highest BCUT2D eigenvalue weighted by atomic mass is 32.1.